The Morgan fingerprint density at radius 1 is 0.805 bits per heavy atom. The molecule has 0 bridgehead atoms. The second kappa shape index (κ2) is 11.0. The molecule has 1 saturated heterocycles. The third-order valence-corrected chi connectivity index (χ3v) is 8.39. The molecule has 2 aromatic heterocycles. The van der Waals surface area contributed by atoms with Gasteiger partial charge in [-0.25, -0.2) is 0 Å². The van der Waals surface area contributed by atoms with E-state index < -0.39 is 0 Å². The zero-order valence-corrected chi connectivity index (χ0v) is 25.0. The molecule has 1 aliphatic rings. The van der Waals surface area contributed by atoms with Crippen molar-refractivity contribution in [2.45, 2.75) is 39.8 Å². The number of anilines is 1. The quantitative estimate of drug-likeness (QED) is 0.204. The van der Waals surface area contributed by atoms with Gasteiger partial charge >= 0.3 is 0 Å². The maximum atomic E-state index is 6.40. The SMILES string of the molecule is Cc1ccc(Oc2ccc(N3C(=S)NC(c4ccccn4)C3c3c(C)c(C)n(-c4cccc(Cl)c4)c3C)cc2)cc1. The summed E-state index contributed by atoms with van der Waals surface area (Å²) in [5.74, 6) is 1.57. The number of ether oxygens (including phenoxy) is 1. The first kappa shape index (κ1) is 27.1. The Kier molecular flexibility index (Phi) is 7.28. The molecule has 1 N–H and O–H groups in total. The fourth-order valence-electron chi connectivity index (χ4n) is 5.79. The number of hydrogen-bond donors (Lipinski definition) is 1. The van der Waals surface area contributed by atoms with Crippen molar-refractivity contribution in [1.29, 1.82) is 0 Å². The fraction of sp³-hybridized carbons (Fsp3) is 0.176. The van der Waals surface area contributed by atoms with Crippen LogP contribution in [0.4, 0.5) is 5.69 Å². The number of pyridine rings is 1. The summed E-state index contributed by atoms with van der Waals surface area (Å²) in [5, 5.41) is 4.96. The van der Waals surface area contributed by atoms with E-state index in [9.17, 15) is 0 Å². The summed E-state index contributed by atoms with van der Waals surface area (Å²) in [7, 11) is 0. The lowest BCUT2D eigenvalue weighted by molar-refractivity contribution is 0.482. The summed E-state index contributed by atoms with van der Waals surface area (Å²) in [6, 6.07) is 29.9. The monoisotopic (exact) mass is 578 g/mol. The van der Waals surface area contributed by atoms with Crippen molar-refractivity contribution in [2.75, 3.05) is 4.90 Å². The minimum absolute atomic E-state index is 0.125. The number of rotatable bonds is 6. The molecule has 1 fully saturated rings. The van der Waals surface area contributed by atoms with E-state index in [2.05, 4.69) is 66.7 Å². The first-order chi connectivity index (χ1) is 19.8. The minimum atomic E-state index is -0.140. The maximum Gasteiger partial charge on any atom is 0.174 e. The van der Waals surface area contributed by atoms with Crippen molar-refractivity contribution in [3.63, 3.8) is 0 Å². The number of thiocarbonyl (C=S) groups is 1. The average molecular weight is 579 g/mol. The first-order valence-corrected chi connectivity index (χ1v) is 14.4. The van der Waals surface area contributed by atoms with Crippen LogP contribution in [0.25, 0.3) is 5.69 Å². The summed E-state index contributed by atoms with van der Waals surface area (Å²) >= 11 is 12.4. The van der Waals surface area contributed by atoms with Crippen molar-refractivity contribution >= 4 is 34.6 Å². The zero-order valence-electron chi connectivity index (χ0n) is 23.4. The molecular weight excluding hydrogens is 548 g/mol. The molecular formula is C34H31ClN4OS. The van der Waals surface area contributed by atoms with Crippen LogP contribution in [0.15, 0.2) is 97.2 Å². The molecule has 5 aromatic rings. The first-order valence-electron chi connectivity index (χ1n) is 13.6. The van der Waals surface area contributed by atoms with Crippen molar-refractivity contribution in [1.82, 2.24) is 14.9 Å². The van der Waals surface area contributed by atoms with Gasteiger partial charge in [-0.1, -0.05) is 41.4 Å². The number of nitrogens with zero attached hydrogens (tertiary/aromatic N) is 3. The third kappa shape index (κ3) is 5.09. The van der Waals surface area contributed by atoms with Gasteiger partial charge in [-0.2, -0.15) is 0 Å². The van der Waals surface area contributed by atoms with Gasteiger partial charge in [0.1, 0.15) is 11.5 Å². The Morgan fingerprint density at radius 2 is 1.51 bits per heavy atom. The minimum Gasteiger partial charge on any atom is -0.457 e. The van der Waals surface area contributed by atoms with E-state index >= 15 is 0 Å². The Labute approximate surface area is 251 Å². The van der Waals surface area contributed by atoms with Crippen LogP contribution in [-0.2, 0) is 0 Å². The molecule has 206 valence electrons. The van der Waals surface area contributed by atoms with E-state index in [1.807, 2.05) is 72.9 Å². The molecule has 1 aliphatic heterocycles. The Bertz CT molecular complexity index is 1710. The standard InChI is InChI=1S/C34H31ClN4OS/c1-21-11-15-28(16-12-21)40-29-17-13-26(14-18-29)39-33(32(37-34(39)41)30-10-5-6-19-36-30)31-22(2)23(3)38(24(31)4)27-9-7-8-25(35)20-27/h5-20,32-33H,1-4H3,(H,37,41). The molecule has 0 amide bonds. The average Bonchev–Trinajstić information content (AvgIpc) is 3.42. The third-order valence-electron chi connectivity index (χ3n) is 7.84. The van der Waals surface area contributed by atoms with Crippen LogP contribution < -0.4 is 15.0 Å². The highest BCUT2D eigenvalue weighted by molar-refractivity contribution is 7.80. The molecule has 7 heteroatoms. The summed E-state index contributed by atoms with van der Waals surface area (Å²) in [5.41, 5.74) is 8.89. The number of benzene rings is 3. The molecule has 0 radical (unpaired) electrons. The van der Waals surface area contributed by atoms with E-state index in [4.69, 9.17) is 33.5 Å². The maximum absolute atomic E-state index is 6.40. The van der Waals surface area contributed by atoms with E-state index in [-0.39, 0.29) is 12.1 Å². The van der Waals surface area contributed by atoms with Gasteiger partial charge in [-0.05, 0) is 112 Å². The van der Waals surface area contributed by atoms with Gasteiger partial charge in [0.25, 0.3) is 0 Å². The Balaban J connectivity index is 1.44. The second-order valence-electron chi connectivity index (χ2n) is 10.4. The van der Waals surface area contributed by atoms with Gasteiger partial charge in [0, 0.05) is 39.5 Å². The lowest BCUT2D eigenvalue weighted by Crippen LogP contribution is -2.29. The van der Waals surface area contributed by atoms with Crippen LogP contribution in [0.2, 0.25) is 5.02 Å². The van der Waals surface area contributed by atoms with Crippen molar-refractivity contribution < 1.29 is 4.74 Å². The lowest BCUT2D eigenvalue weighted by atomic mass is 9.93. The molecule has 3 aromatic carbocycles. The van der Waals surface area contributed by atoms with Gasteiger partial charge < -0.3 is 19.5 Å². The highest BCUT2D eigenvalue weighted by Gasteiger charge is 2.43. The number of hydrogen-bond acceptors (Lipinski definition) is 3. The number of nitrogens with one attached hydrogen (secondary N) is 1. The Hall–Kier alpha value is -4.13. The van der Waals surface area contributed by atoms with Crippen LogP contribution in [-0.4, -0.2) is 14.7 Å². The second-order valence-corrected chi connectivity index (χ2v) is 11.3. The van der Waals surface area contributed by atoms with E-state index in [1.165, 1.54) is 22.4 Å². The molecule has 3 heterocycles. The Morgan fingerprint density at radius 3 is 2.17 bits per heavy atom. The molecule has 41 heavy (non-hydrogen) atoms. The van der Waals surface area contributed by atoms with Gasteiger partial charge in [0.2, 0.25) is 0 Å². The predicted octanol–water partition coefficient (Wildman–Crippen LogP) is 8.73. The van der Waals surface area contributed by atoms with Gasteiger partial charge in [0.05, 0.1) is 17.8 Å². The summed E-state index contributed by atoms with van der Waals surface area (Å²) in [4.78, 5) is 6.94. The molecule has 0 aliphatic carbocycles. The molecule has 2 atom stereocenters. The van der Waals surface area contributed by atoms with Gasteiger partial charge in [0.15, 0.2) is 5.11 Å². The molecule has 0 saturated carbocycles. The van der Waals surface area contributed by atoms with E-state index in [0.717, 1.165) is 34.3 Å². The van der Waals surface area contributed by atoms with Crippen molar-refractivity contribution in [3.8, 4) is 17.2 Å². The van der Waals surface area contributed by atoms with Crippen LogP contribution in [0, 0.1) is 27.7 Å². The number of aryl methyl sites for hydroxylation is 1. The van der Waals surface area contributed by atoms with Crippen LogP contribution in [0.3, 0.4) is 0 Å². The number of halogens is 1. The van der Waals surface area contributed by atoms with Crippen LogP contribution in [0.5, 0.6) is 11.5 Å². The molecule has 0 spiro atoms. The lowest BCUT2D eigenvalue weighted by Gasteiger charge is -2.29. The molecule has 2 unspecified atom stereocenters. The van der Waals surface area contributed by atoms with Crippen molar-refractivity contribution in [2.24, 2.45) is 0 Å². The predicted molar refractivity (Wildman–Crippen MR) is 171 cm³/mol. The largest absolute Gasteiger partial charge is 0.457 e. The fourth-order valence-corrected chi connectivity index (χ4v) is 6.32. The summed E-state index contributed by atoms with van der Waals surface area (Å²) < 4.78 is 8.39. The van der Waals surface area contributed by atoms with E-state index in [1.54, 1.807) is 0 Å². The summed E-state index contributed by atoms with van der Waals surface area (Å²) in [6.45, 7) is 8.58. The molecule has 6 rings (SSSR count). The van der Waals surface area contributed by atoms with Gasteiger partial charge in [-0.15, -0.1) is 0 Å². The topological polar surface area (TPSA) is 42.3 Å². The smallest absolute Gasteiger partial charge is 0.174 e. The summed E-state index contributed by atoms with van der Waals surface area (Å²) in [6.07, 6.45) is 1.83. The zero-order chi connectivity index (χ0) is 28.7. The van der Waals surface area contributed by atoms with Crippen molar-refractivity contribution in [3.05, 3.63) is 136 Å². The van der Waals surface area contributed by atoms with Crippen LogP contribution in [0.1, 0.15) is 45.9 Å². The number of aromatic nitrogens is 2. The van der Waals surface area contributed by atoms with E-state index in [0.29, 0.717) is 10.1 Å². The normalized spacial score (nSPS) is 16.6. The molecule has 5 nitrogen and oxygen atoms in total. The highest BCUT2D eigenvalue weighted by Crippen LogP contribution is 2.45. The van der Waals surface area contributed by atoms with Crippen LogP contribution >= 0.6 is 23.8 Å². The highest BCUT2D eigenvalue weighted by atomic mass is 35.5. The van der Waals surface area contributed by atoms with Gasteiger partial charge in [-0.3, -0.25) is 4.98 Å².